The second kappa shape index (κ2) is 10.7. The Morgan fingerprint density at radius 1 is 1.11 bits per heavy atom. The molecule has 0 amide bonds. The van der Waals surface area contributed by atoms with Crippen LogP contribution < -0.4 is 14.8 Å². The molecule has 0 spiro atoms. The molecule has 2 rings (SSSR count). The van der Waals surface area contributed by atoms with E-state index >= 15 is 0 Å². The van der Waals surface area contributed by atoms with Crippen molar-refractivity contribution in [3.63, 3.8) is 0 Å². The Morgan fingerprint density at radius 3 is 2.39 bits per heavy atom. The smallest absolute Gasteiger partial charge is 0.240 e. The molecule has 0 aromatic heterocycles. The van der Waals surface area contributed by atoms with Crippen LogP contribution in [-0.2, 0) is 16.6 Å². The van der Waals surface area contributed by atoms with Crippen LogP contribution in [0.2, 0.25) is 0 Å². The summed E-state index contributed by atoms with van der Waals surface area (Å²) in [6.07, 6.45) is 0. The molecule has 2 aromatic carbocycles. The molecule has 28 heavy (non-hydrogen) atoms. The summed E-state index contributed by atoms with van der Waals surface area (Å²) >= 11 is 0. The molecule has 0 atom stereocenters. The Bertz CT molecular complexity index is 853. The van der Waals surface area contributed by atoms with E-state index in [1.54, 1.807) is 24.3 Å². The van der Waals surface area contributed by atoms with Crippen LogP contribution >= 0.6 is 0 Å². The largest absolute Gasteiger partial charge is 0.492 e. The molecule has 2 aromatic rings. The van der Waals surface area contributed by atoms with Crippen molar-refractivity contribution in [1.29, 1.82) is 0 Å². The van der Waals surface area contributed by atoms with Crippen molar-refractivity contribution in [2.45, 2.75) is 18.4 Å². The fraction of sp³-hybridized carbons (Fsp3) is 0.350. The summed E-state index contributed by atoms with van der Waals surface area (Å²) in [5.41, 5.74) is 0.930. The number of sulfonamides is 1. The van der Waals surface area contributed by atoms with Gasteiger partial charge in [0.1, 0.15) is 12.4 Å². The van der Waals surface area contributed by atoms with E-state index in [1.165, 1.54) is 7.05 Å². The molecule has 0 heterocycles. The number of likely N-dealkylation sites (N-methyl/N-ethyl adjacent to an activating group) is 1. The van der Waals surface area contributed by atoms with Crippen LogP contribution in [0.1, 0.15) is 12.5 Å². The maximum Gasteiger partial charge on any atom is 0.240 e. The Labute approximate surface area is 167 Å². The number of hydrogen-bond acceptors (Lipinski definition) is 4. The number of nitrogens with zero attached hydrogens (tertiary/aromatic N) is 2. The summed E-state index contributed by atoms with van der Waals surface area (Å²) in [6, 6.07) is 16.4. The molecule has 0 aliphatic carbocycles. The first kappa shape index (κ1) is 21.7. The third kappa shape index (κ3) is 6.54. The molecule has 0 radical (unpaired) electrons. The van der Waals surface area contributed by atoms with E-state index in [4.69, 9.17) is 4.74 Å². The average Bonchev–Trinajstić information content (AvgIpc) is 2.72. The summed E-state index contributed by atoms with van der Waals surface area (Å²) < 4.78 is 31.6. The van der Waals surface area contributed by atoms with Gasteiger partial charge in [-0.3, -0.25) is 0 Å². The van der Waals surface area contributed by atoms with Gasteiger partial charge >= 0.3 is 0 Å². The lowest BCUT2D eigenvalue weighted by Crippen LogP contribution is -2.40. The van der Waals surface area contributed by atoms with Crippen molar-refractivity contribution in [2.24, 2.45) is 4.99 Å². The molecular weight excluding hydrogens is 376 g/mol. The molecule has 0 bridgehead atoms. The zero-order valence-electron chi connectivity index (χ0n) is 16.6. The van der Waals surface area contributed by atoms with E-state index in [0.29, 0.717) is 19.7 Å². The highest BCUT2D eigenvalue weighted by Crippen LogP contribution is 2.11. The van der Waals surface area contributed by atoms with Gasteiger partial charge in [0, 0.05) is 13.6 Å². The molecule has 7 nitrogen and oxygen atoms in total. The number of ether oxygens (including phenoxy) is 1. The van der Waals surface area contributed by atoms with Gasteiger partial charge < -0.3 is 15.0 Å². The zero-order chi connectivity index (χ0) is 20.4. The van der Waals surface area contributed by atoms with Gasteiger partial charge in [0.25, 0.3) is 0 Å². The number of rotatable bonds is 9. The van der Waals surface area contributed by atoms with Gasteiger partial charge in [0.05, 0.1) is 18.0 Å². The molecule has 152 valence electrons. The van der Waals surface area contributed by atoms with Crippen LogP contribution in [0.4, 0.5) is 0 Å². The highest BCUT2D eigenvalue weighted by molar-refractivity contribution is 7.89. The van der Waals surface area contributed by atoms with Gasteiger partial charge in [-0.05, 0) is 43.8 Å². The highest BCUT2D eigenvalue weighted by Gasteiger charge is 2.10. The number of nitrogens with one attached hydrogen (secondary N) is 2. The van der Waals surface area contributed by atoms with Crippen LogP contribution in [0, 0.1) is 0 Å². The fourth-order valence-electron chi connectivity index (χ4n) is 2.45. The predicted octanol–water partition coefficient (Wildman–Crippen LogP) is 2.07. The van der Waals surface area contributed by atoms with Gasteiger partial charge in [0.15, 0.2) is 5.96 Å². The summed E-state index contributed by atoms with van der Waals surface area (Å²) in [6.45, 7) is 4.44. The SMILES string of the molecule is CCNC(=NCc1ccc(S(=O)(=O)NC)cc1)N(C)CCOc1ccccc1. The lowest BCUT2D eigenvalue weighted by atomic mass is 10.2. The maximum atomic E-state index is 11.8. The van der Waals surface area contributed by atoms with Gasteiger partial charge in [-0.2, -0.15) is 0 Å². The molecule has 2 N–H and O–H groups in total. The number of guanidine groups is 1. The zero-order valence-corrected chi connectivity index (χ0v) is 17.4. The van der Waals surface area contributed by atoms with Crippen molar-refractivity contribution in [3.05, 3.63) is 60.2 Å². The Balaban J connectivity index is 1.95. The van der Waals surface area contributed by atoms with Crippen molar-refractivity contribution in [1.82, 2.24) is 14.9 Å². The summed E-state index contributed by atoms with van der Waals surface area (Å²) in [4.78, 5) is 6.88. The van der Waals surface area contributed by atoms with Gasteiger partial charge in [-0.1, -0.05) is 30.3 Å². The lowest BCUT2D eigenvalue weighted by Gasteiger charge is -2.22. The molecular formula is C20H28N4O3S. The van der Waals surface area contributed by atoms with Crippen molar-refractivity contribution in [3.8, 4) is 5.75 Å². The minimum absolute atomic E-state index is 0.241. The predicted molar refractivity (Wildman–Crippen MR) is 112 cm³/mol. The molecule has 0 aliphatic rings. The fourth-order valence-corrected chi connectivity index (χ4v) is 3.18. The highest BCUT2D eigenvalue weighted by atomic mass is 32.2. The first-order chi connectivity index (χ1) is 13.5. The second-order valence-electron chi connectivity index (χ2n) is 6.10. The van der Waals surface area contributed by atoms with Crippen molar-refractivity contribution < 1.29 is 13.2 Å². The summed E-state index contributed by atoms with van der Waals surface area (Å²) in [5.74, 6) is 1.61. The first-order valence-electron chi connectivity index (χ1n) is 9.16. The van der Waals surface area contributed by atoms with Crippen molar-refractivity contribution in [2.75, 3.05) is 33.8 Å². The van der Waals surface area contributed by atoms with Gasteiger partial charge in [0.2, 0.25) is 10.0 Å². The summed E-state index contributed by atoms with van der Waals surface area (Å²) in [5, 5.41) is 3.26. The van der Waals surface area contributed by atoms with Crippen LogP contribution in [-0.4, -0.2) is 53.1 Å². The normalized spacial score (nSPS) is 11.9. The average molecular weight is 405 g/mol. The van der Waals surface area contributed by atoms with E-state index in [1.807, 2.05) is 49.2 Å². The molecule has 0 unspecified atom stereocenters. The number of hydrogen-bond donors (Lipinski definition) is 2. The standard InChI is InChI=1S/C20H28N4O3S/c1-4-22-20(24(3)14-15-27-18-8-6-5-7-9-18)23-16-17-10-12-19(13-11-17)28(25,26)21-2/h5-13,21H,4,14-16H2,1-3H3,(H,22,23). The second-order valence-corrected chi connectivity index (χ2v) is 7.99. The van der Waals surface area contributed by atoms with Crippen LogP contribution in [0.25, 0.3) is 0 Å². The molecule has 0 saturated heterocycles. The van der Waals surface area contributed by atoms with Crippen LogP contribution in [0.3, 0.4) is 0 Å². The third-order valence-electron chi connectivity index (χ3n) is 4.05. The molecule has 0 fully saturated rings. The van der Waals surface area contributed by atoms with Crippen molar-refractivity contribution >= 4 is 16.0 Å². The maximum absolute atomic E-state index is 11.8. The molecule has 8 heteroatoms. The Kier molecular flexibility index (Phi) is 8.28. The van der Waals surface area contributed by atoms with Crippen LogP contribution in [0.15, 0.2) is 64.5 Å². The number of aliphatic imine (C=N–C) groups is 1. The Hall–Kier alpha value is -2.58. The quantitative estimate of drug-likeness (QED) is 0.494. The van der Waals surface area contributed by atoms with E-state index in [9.17, 15) is 8.42 Å². The lowest BCUT2D eigenvalue weighted by molar-refractivity contribution is 0.281. The Morgan fingerprint density at radius 2 is 1.79 bits per heavy atom. The van der Waals surface area contributed by atoms with Gasteiger partial charge in [-0.25, -0.2) is 18.1 Å². The molecule has 0 saturated carbocycles. The van der Waals surface area contributed by atoms with E-state index in [0.717, 1.165) is 23.8 Å². The number of para-hydroxylation sites is 1. The minimum Gasteiger partial charge on any atom is -0.492 e. The molecule has 0 aliphatic heterocycles. The number of benzene rings is 2. The topological polar surface area (TPSA) is 83.0 Å². The van der Waals surface area contributed by atoms with E-state index in [-0.39, 0.29) is 4.90 Å². The van der Waals surface area contributed by atoms with Gasteiger partial charge in [-0.15, -0.1) is 0 Å². The first-order valence-corrected chi connectivity index (χ1v) is 10.6. The monoisotopic (exact) mass is 404 g/mol. The third-order valence-corrected chi connectivity index (χ3v) is 5.48. The summed E-state index contributed by atoms with van der Waals surface area (Å²) in [7, 11) is -0.0686. The van der Waals surface area contributed by atoms with Crippen LogP contribution in [0.5, 0.6) is 5.75 Å². The minimum atomic E-state index is -3.42. The van der Waals surface area contributed by atoms with E-state index in [2.05, 4.69) is 15.0 Å². The van der Waals surface area contributed by atoms with E-state index < -0.39 is 10.0 Å².